The zero-order valence-electron chi connectivity index (χ0n) is 16.3. The molecule has 1 aromatic heterocycles. The molecule has 0 aliphatic rings. The predicted octanol–water partition coefficient (Wildman–Crippen LogP) is 2.39. The topological polar surface area (TPSA) is 100 Å². The lowest BCUT2D eigenvalue weighted by atomic mass is 10.1. The molecule has 0 fully saturated rings. The molecule has 0 aliphatic heterocycles. The van der Waals surface area contributed by atoms with Crippen LogP contribution in [0.15, 0.2) is 28.9 Å². The van der Waals surface area contributed by atoms with Gasteiger partial charge in [-0.2, -0.15) is 0 Å². The van der Waals surface area contributed by atoms with E-state index in [2.05, 4.69) is 22.9 Å². The van der Waals surface area contributed by atoms with Gasteiger partial charge in [0, 0.05) is 25.6 Å². The summed E-state index contributed by atoms with van der Waals surface area (Å²) < 4.78 is 5.13. The largest absolute Gasteiger partial charge is 0.465 e. The van der Waals surface area contributed by atoms with Gasteiger partial charge in [0.25, 0.3) is 0 Å². The highest BCUT2D eigenvalue weighted by atomic mass is 16.3. The lowest BCUT2D eigenvalue weighted by Gasteiger charge is -2.17. The Balaban J connectivity index is 2.56. The van der Waals surface area contributed by atoms with Crippen molar-refractivity contribution in [3.05, 3.63) is 30.2 Å². The molecule has 7 nitrogen and oxygen atoms in total. The Bertz CT molecular complexity index is 596. The molecule has 0 bridgehead atoms. The zero-order chi connectivity index (χ0) is 19.9. The first kappa shape index (κ1) is 22.5. The molecule has 1 aromatic rings. The number of rotatable bonds is 13. The third kappa shape index (κ3) is 10.2. The summed E-state index contributed by atoms with van der Waals surface area (Å²) in [5, 5.41) is 8.29. The number of amides is 3. The molecule has 0 aromatic carbocycles. The Morgan fingerprint density at radius 3 is 2.44 bits per heavy atom. The summed E-state index contributed by atoms with van der Waals surface area (Å²) in [5.41, 5.74) is 0. The van der Waals surface area contributed by atoms with Gasteiger partial charge in [0.05, 0.1) is 6.26 Å². The van der Waals surface area contributed by atoms with Gasteiger partial charge >= 0.3 is 0 Å². The van der Waals surface area contributed by atoms with Crippen molar-refractivity contribution in [3.63, 3.8) is 0 Å². The maximum absolute atomic E-state index is 12.4. The molecule has 7 heteroatoms. The summed E-state index contributed by atoms with van der Waals surface area (Å²) in [4.78, 5) is 36.4. The van der Waals surface area contributed by atoms with Crippen LogP contribution in [0.2, 0.25) is 0 Å². The minimum atomic E-state index is -0.757. The molecule has 3 amide bonds. The van der Waals surface area contributed by atoms with Crippen molar-refractivity contribution in [1.82, 2.24) is 16.0 Å². The highest BCUT2D eigenvalue weighted by Crippen LogP contribution is 2.03. The molecule has 0 saturated heterocycles. The van der Waals surface area contributed by atoms with Crippen LogP contribution in [0.1, 0.15) is 58.1 Å². The molecule has 0 saturated carbocycles. The molecular formula is C20H31N3O4. The Kier molecular flexibility index (Phi) is 11.3. The van der Waals surface area contributed by atoms with E-state index in [-0.39, 0.29) is 24.7 Å². The van der Waals surface area contributed by atoms with E-state index in [0.29, 0.717) is 18.8 Å². The van der Waals surface area contributed by atoms with E-state index in [1.165, 1.54) is 18.4 Å². The van der Waals surface area contributed by atoms with Crippen molar-refractivity contribution in [2.75, 3.05) is 13.1 Å². The van der Waals surface area contributed by atoms with E-state index in [1.54, 1.807) is 12.1 Å². The number of unbranched alkanes of at least 4 members (excludes halogenated alkanes) is 2. The second-order valence-corrected chi connectivity index (χ2v) is 6.30. The van der Waals surface area contributed by atoms with Crippen molar-refractivity contribution in [2.24, 2.45) is 0 Å². The van der Waals surface area contributed by atoms with E-state index in [4.69, 9.17) is 4.42 Å². The van der Waals surface area contributed by atoms with Crippen LogP contribution in [-0.4, -0.2) is 36.9 Å². The molecule has 0 aliphatic carbocycles. The van der Waals surface area contributed by atoms with Crippen LogP contribution in [0.5, 0.6) is 0 Å². The van der Waals surface area contributed by atoms with E-state index in [9.17, 15) is 14.4 Å². The van der Waals surface area contributed by atoms with E-state index >= 15 is 0 Å². The number of hydrogen-bond donors (Lipinski definition) is 3. The van der Waals surface area contributed by atoms with Gasteiger partial charge in [-0.3, -0.25) is 14.4 Å². The van der Waals surface area contributed by atoms with Crippen LogP contribution in [-0.2, 0) is 14.4 Å². The number of furan rings is 1. The Morgan fingerprint density at radius 2 is 1.81 bits per heavy atom. The van der Waals surface area contributed by atoms with Gasteiger partial charge in [-0.15, -0.1) is 0 Å². The quantitative estimate of drug-likeness (QED) is 0.363. The SMILES string of the molecule is CCCCNC(=O)CCC(NC(=O)C=Cc1ccco1)C(=O)NCCCC. The number of carbonyl (C=O) groups excluding carboxylic acids is 3. The third-order valence-corrected chi connectivity index (χ3v) is 3.92. The minimum Gasteiger partial charge on any atom is -0.465 e. The second-order valence-electron chi connectivity index (χ2n) is 6.30. The summed E-state index contributed by atoms with van der Waals surface area (Å²) in [6, 6.07) is 2.69. The first-order chi connectivity index (χ1) is 13.1. The lowest BCUT2D eigenvalue weighted by molar-refractivity contribution is -0.128. The van der Waals surface area contributed by atoms with E-state index in [1.807, 2.05) is 6.92 Å². The zero-order valence-corrected chi connectivity index (χ0v) is 16.3. The van der Waals surface area contributed by atoms with Gasteiger partial charge in [0.1, 0.15) is 11.8 Å². The molecule has 0 radical (unpaired) electrons. The van der Waals surface area contributed by atoms with Gasteiger partial charge in [-0.25, -0.2) is 0 Å². The molecule has 27 heavy (non-hydrogen) atoms. The normalized spacial score (nSPS) is 11.9. The molecule has 1 rings (SSSR count). The molecule has 0 spiro atoms. The van der Waals surface area contributed by atoms with Crippen LogP contribution >= 0.6 is 0 Å². The van der Waals surface area contributed by atoms with Crippen molar-refractivity contribution in [2.45, 2.75) is 58.4 Å². The van der Waals surface area contributed by atoms with Gasteiger partial charge < -0.3 is 20.4 Å². The van der Waals surface area contributed by atoms with Gasteiger partial charge in [-0.1, -0.05) is 26.7 Å². The van der Waals surface area contributed by atoms with Crippen LogP contribution in [0.25, 0.3) is 6.08 Å². The van der Waals surface area contributed by atoms with E-state index in [0.717, 1.165) is 25.7 Å². The van der Waals surface area contributed by atoms with Crippen LogP contribution in [0.4, 0.5) is 0 Å². The maximum Gasteiger partial charge on any atom is 0.244 e. The highest BCUT2D eigenvalue weighted by Gasteiger charge is 2.20. The number of carbonyl (C=O) groups is 3. The Labute approximate surface area is 161 Å². The smallest absolute Gasteiger partial charge is 0.244 e. The van der Waals surface area contributed by atoms with Crippen LogP contribution in [0, 0.1) is 0 Å². The lowest BCUT2D eigenvalue weighted by Crippen LogP contribution is -2.47. The summed E-state index contributed by atoms with van der Waals surface area (Å²) in [6.07, 6.45) is 8.52. The Morgan fingerprint density at radius 1 is 1.11 bits per heavy atom. The maximum atomic E-state index is 12.4. The summed E-state index contributed by atoms with van der Waals surface area (Å²) in [6.45, 7) is 5.26. The first-order valence-electron chi connectivity index (χ1n) is 9.63. The van der Waals surface area contributed by atoms with Crippen molar-refractivity contribution >= 4 is 23.8 Å². The molecule has 3 N–H and O–H groups in total. The monoisotopic (exact) mass is 377 g/mol. The van der Waals surface area contributed by atoms with E-state index < -0.39 is 11.9 Å². The second kappa shape index (κ2) is 13.6. The molecule has 1 heterocycles. The van der Waals surface area contributed by atoms with Gasteiger partial charge in [-0.05, 0) is 37.5 Å². The average molecular weight is 377 g/mol. The fourth-order valence-corrected chi connectivity index (χ4v) is 2.31. The third-order valence-electron chi connectivity index (χ3n) is 3.92. The van der Waals surface area contributed by atoms with Crippen molar-refractivity contribution in [1.29, 1.82) is 0 Å². The molecular weight excluding hydrogens is 346 g/mol. The molecule has 150 valence electrons. The molecule has 1 unspecified atom stereocenters. The van der Waals surface area contributed by atoms with Crippen molar-refractivity contribution in [3.8, 4) is 0 Å². The minimum absolute atomic E-state index is 0.116. The van der Waals surface area contributed by atoms with Crippen molar-refractivity contribution < 1.29 is 18.8 Å². The fourth-order valence-electron chi connectivity index (χ4n) is 2.31. The average Bonchev–Trinajstić information content (AvgIpc) is 3.17. The summed E-state index contributed by atoms with van der Waals surface area (Å²) in [7, 11) is 0. The molecule has 1 atom stereocenters. The summed E-state index contributed by atoms with van der Waals surface area (Å²) in [5.74, 6) is -0.252. The van der Waals surface area contributed by atoms with Crippen LogP contribution in [0.3, 0.4) is 0 Å². The highest BCUT2D eigenvalue weighted by molar-refractivity contribution is 5.95. The summed E-state index contributed by atoms with van der Waals surface area (Å²) >= 11 is 0. The van der Waals surface area contributed by atoms with Gasteiger partial charge in [0.2, 0.25) is 17.7 Å². The van der Waals surface area contributed by atoms with Gasteiger partial charge in [0.15, 0.2) is 0 Å². The van der Waals surface area contributed by atoms with Crippen LogP contribution < -0.4 is 16.0 Å². The standard InChI is InChI=1S/C20H31N3O4/c1-3-5-13-21-18(24)12-10-17(20(26)22-14-6-4-2)23-19(25)11-9-16-8-7-15-27-16/h7-9,11,15,17H,3-6,10,12-14H2,1-2H3,(H,21,24)(H,22,26)(H,23,25). The fraction of sp³-hybridized carbons (Fsp3) is 0.550. The Hall–Kier alpha value is -2.57. The predicted molar refractivity (Wildman–Crippen MR) is 105 cm³/mol. The number of hydrogen-bond acceptors (Lipinski definition) is 4. The first-order valence-corrected chi connectivity index (χ1v) is 9.63. The number of nitrogens with one attached hydrogen (secondary N) is 3.